The fraction of sp³-hybridized carbons (Fsp3) is 0.333. The van der Waals surface area contributed by atoms with Gasteiger partial charge in [-0.25, -0.2) is 0 Å². The van der Waals surface area contributed by atoms with Gasteiger partial charge in [0.15, 0.2) is 0 Å². The summed E-state index contributed by atoms with van der Waals surface area (Å²) in [6.07, 6.45) is 11.5. The zero-order chi connectivity index (χ0) is 20.8. The van der Waals surface area contributed by atoms with Crippen LogP contribution in [0.4, 0.5) is 0 Å². The van der Waals surface area contributed by atoms with Gasteiger partial charge in [0.2, 0.25) is 0 Å². The van der Waals surface area contributed by atoms with E-state index >= 15 is 0 Å². The fourth-order valence-electron chi connectivity index (χ4n) is 4.97. The highest BCUT2D eigenvalue weighted by Gasteiger charge is 2.21. The minimum atomic E-state index is 0.697. The minimum Gasteiger partial charge on any atom is -0.103 e. The molecule has 30 heavy (non-hydrogen) atoms. The van der Waals surface area contributed by atoms with E-state index in [0.717, 1.165) is 32.1 Å². The highest BCUT2D eigenvalue weighted by molar-refractivity contribution is 5.39. The molecule has 1 aliphatic rings. The third-order valence-corrected chi connectivity index (χ3v) is 6.72. The standard InChI is InChI=1S/C30H34/c1-3-8-28-18-19-29-22-26(15-20-30(28)29)14-17-27-16-13-25(21-23(27)2)12-7-11-24-9-5-4-6-10-24/h3-6,9-10,13,15-16,20-22,28H,1,7-8,11-12,14,17-19H2,2H3. The van der Waals surface area contributed by atoms with Crippen LogP contribution in [0.3, 0.4) is 0 Å². The van der Waals surface area contributed by atoms with Crippen LogP contribution in [0.1, 0.15) is 64.1 Å². The second-order valence-corrected chi connectivity index (χ2v) is 8.89. The van der Waals surface area contributed by atoms with Crippen LogP contribution in [0.15, 0.2) is 79.4 Å². The molecule has 0 N–H and O–H groups in total. The van der Waals surface area contributed by atoms with Gasteiger partial charge >= 0.3 is 0 Å². The summed E-state index contributed by atoms with van der Waals surface area (Å²) in [4.78, 5) is 0. The maximum Gasteiger partial charge on any atom is -0.0122 e. The van der Waals surface area contributed by atoms with Crippen molar-refractivity contribution in [3.05, 3.63) is 118 Å². The molecule has 0 spiro atoms. The van der Waals surface area contributed by atoms with E-state index in [1.165, 1.54) is 47.1 Å². The molecular formula is C30H34. The van der Waals surface area contributed by atoms with Crippen LogP contribution < -0.4 is 0 Å². The quantitative estimate of drug-likeness (QED) is 0.328. The van der Waals surface area contributed by atoms with Crippen molar-refractivity contribution in [2.24, 2.45) is 0 Å². The van der Waals surface area contributed by atoms with E-state index in [4.69, 9.17) is 0 Å². The summed E-state index contributed by atoms with van der Waals surface area (Å²) in [7, 11) is 0. The monoisotopic (exact) mass is 394 g/mol. The van der Waals surface area contributed by atoms with E-state index in [-0.39, 0.29) is 0 Å². The first-order chi connectivity index (χ1) is 14.7. The lowest BCUT2D eigenvalue weighted by molar-refractivity contribution is 0.690. The smallest absolute Gasteiger partial charge is 0.0122 e. The molecule has 0 heterocycles. The van der Waals surface area contributed by atoms with E-state index < -0.39 is 0 Å². The van der Waals surface area contributed by atoms with Crippen molar-refractivity contribution >= 4 is 0 Å². The van der Waals surface area contributed by atoms with Crippen LogP contribution in [0.5, 0.6) is 0 Å². The van der Waals surface area contributed by atoms with Gasteiger partial charge in [0.05, 0.1) is 0 Å². The number of allylic oxidation sites excluding steroid dienone is 1. The lowest BCUT2D eigenvalue weighted by Gasteiger charge is -2.11. The molecule has 4 rings (SSSR count). The molecule has 0 amide bonds. The molecule has 0 fully saturated rings. The zero-order valence-corrected chi connectivity index (χ0v) is 18.4. The van der Waals surface area contributed by atoms with E-state index in [9.17, 15) is 0 Å². The van der Waals surface area contributed by atoms with Crippen molar-refractivity contribution in [2.75, 3.05) is 0 Å². The Balaban J connectivity index is 1.31. The second-order valence-electron chi connectivity index (χ2n) is 8.89. The van der Waals surface area contributed by atoms with Crippen molar-refractivity contribution in [1.29, 1.82) is 0 Å². The van der Waals surface area contributed by atoms with E-state index in [2.05, 4.69) is 86.3 Å². The Morgan fingerprint density at radius 3 is 2.40 bits per heavy atom. The molecule has 1 unspecified atom stereocenters. The number of hydrogen-bond donors (Lipinski definition) is 0. The zero-order valence-electron chi connectivity index (χ0n) is 18.4. The number of hydrogen-bond acceptors (Lipinski definition) is 0. The molecule has 3 aromatic rings. The average molecular weight is 395 g/mol. The Bertz CT molecular complexity index is 980. The van der Waals surface area contributed by atoms with Crippen LogP contribution in [-0.2, 0) is 32.1 Å². The van der Waals surface area contributed by atoms with Crippen LogP contribution in [0.25, 0.3) is 0 Å². The van der Waals surface area contributed by atoms with E-state index in [1.807, 2.05) is 0 Å². The molecule has 0 heteroatoms. The summed E-state index contributed by atoms with van der Waals surface area (Å²) in [5, 5.41) is 0. The van der Waals surface area contributed by atoms with Gasteiger partial charge in [-0.1, -0.05) is 72.8 Å². The number of rotatable bonds is 9. The highest BCUT2D eigenvalue weighted by atomic mass is 14.3. The Hall–Kier alpha value is -2.60. The Morgan fingerprint density at radius 1 is 0.833 bits per heavy atom. The van der Waals surface area contributed by atoms with Gasteiger partial charge in [0, 0.05) is 0 Å². The average Bonchev–Trinajstić information content (AvgIpc) is 3.16. The largest absolute Gasteiger partial charge is 0.103 e. The lowest BCUT2D eigenvalue weighted by Crippen LogP contribution is -1.98. The maximum atomic E-state index is 3.92. The third-order valence-electron chi connectivity index (χ3n) is 6.72. The molecule has 3 aromatic carbocycles. The van der Waals surface area contributed by atoms with E-state index in [1.54, 1.807) is 11.1 Å². The van der Waals surface area contributed by atoms with Gasteiger partial charge < -0.3 is 0 Å². The first-order valence-electron chi connectivity index (χ1n) is 11.6. The SMILES string of the molecule is C=CCC1CCc2cc(CCc3ccc(CCCc4ccccc4)cc3C)ccc21. The number of aryl methyl sites for hydroxylation is 6. The highest BCUT2D eigenvalue weighted by Crippen LogP contribution is 2.36. The van der Waals surface area contributed by atoms with Gasteiger partial charge in [-0.05, 0) is 103 Å². The molecule has 0 aromatic heterocycles. The molecule has 154 valence electrons. The molecule has 0 saturated heterocycles. The predicted molar refractivity (Wildman–Crippen MR) is 129 cm³/mol. The van der Waals surface area contributed by atoms with Gasteiger partial charge in [-0.15, -0.1) is 6.58 Å². The van der Waals surface area contributed by atoms with Gasteiger partial charge in [0.1, 0.15) is 0 Å². The fourth-order valence-corrected chi connectivity index (χ4v) is 4.97. The van der Waals surface area contributed by atoms with Crippen molar-refractivity contribution in [2.45, 2.75) is 64.2 Å². The number of benzene rings is 3. The molecule has 0 radical (unpaired) electrons. The van der Waals surface area contributed by atoms with Gasteiger partial charge in [-0.2, -0.15) is 0 Å². The van der Waals surface area contributed by atoms with Crippen LogP contribution in [0, 0.1) is 6.92 Å². The molecule has 1 aliphatic carbocycles. The van der Waals surface area contributed by atoms with Crippen LogP contribution >= 0.6 is 0 Å². The lowest BCUT2D eigenvalue weighted by atomic mass is 9.94. The molecule has 0 bridgehead atoms. The van der Waals surface area contributed by atoms with E-state index in [0.29, 0.717) is 5.92 Å². The first kappa shape index (κ1) is 20.7. The molecule has 0 aliphatic heterocycles. The van der Waals surface area contributed by atoms with Crippen molar-refractivity contribution in [3.63, 3.8) is 0 Å². The third kappa shape index (κ3) is 5.11. The Labute approximate surface area is 182 Å². The molecule has 1 atom stereocenters. The van der Waals surface area contributed by atoms with Gasteiger partial charge in [-0.3, -0.25) is 0 Å². The maximum absolute atomic E-state index is 3.92. The normalized spacial score (nSPS) is 15.2. The van der Waals surface area contributed by atoms with Crippen LogP contribution in [-0.4, -0.2) is 0 Å². The van der Waals surface area contributed by atoms with Crippen molar-refractivity contribution in [1.82, 2.24) is 0 Å². The summed E-state index contributed by atoms with van der Waals surface area (Å²) in [5.74, 6) is 0.697. The van der Waals surface area contributed by atoms with Gasteiger partial charge in [0.25, 0.3) is 0 Å². The summed E-state index contributed by atoms with van der Waals surface area (Å²) in [6.45, 7) is 6.20. The summed E-state index contributed by atoms with van der Waals surface area (Å²) >= 11 is 0. The number of fused-ring (bicyclic) bond motifs is 1. The minimum absolute atomic E-state index is 0.697. The Kier molecular flexibility index (Phi) is 6.84. The van der Waals surface area contributed by atoms with Crippen molar-refractivity contribution < 1.29 is 0 Å². The first-order valence-corrected chi connectivity index (χ1v) is 11.6. The van der Waals surface area contributed by atoms with Crippen LogP contribution in [0.2, 0.25) is 0 Å². The molecule has 0 saturated carbocycles. The Morgan fingerprint density at radius 2 is 1.60 bits per heavy atom. The molecular weight excluding hydrogens is 360 g/mol. The molecule has 0 nitrogen and oxygen atoms in total. The predicted octanol–water partition coefficient (Wildman–Crippen LogP) is 7.56. The summed E-state index contributed by atoms with van der Waals surface area (Å²) < 4.78 is 0. The second kappa shape index (κ2) is 9.94. The van der Waals surface area contributed by atoms with Crippen molar-refractivity contribution in [3.8, 4) is 0 Å². The topological polar surface area (TPSA) is 0 Å². The summed E-state index contributed by atoms with van der Waals surface area (Å²) in [5.41, 5.74) is 10.5. The summed E-state index contributed by atoms with van der Waals surface area (Å²) in [6, 6.07) is 25.1.